The van der Waals surface area contributed by atoms with Gasteiger partial charge in [-0.3, -0.25) is 4.79 Å². The second-order valence-electron chi connectivity index (χ2n) is 7.69. The molecule has 3 atom stereocenters. The predicted molar refractivity (Wildman–Crippen MR) is 112 cm³/mol. The monoisotopic (exact) mass is 419 g/mol. The topological polar surface area (TPSA) is 79.4 Å². The predicted octanol–water partition coefficient (Wildman–Crippen LogP) is 2.89. The van der Waals surface area contributed by atoms with Gasteiger partial charge in [-0.05, 0) is 37.8 Å². The van der Waals surface area contributed by atoms with Gasteiger partial charge in [0.15, 0.2) is 0 Å². The molecule has 1 aliphatic heterocycles. The fraction of sp³-hybridized carbons (Fsp3) is 0.500. The number of benzene rings is 1. The van der Waals surface area contributed by atoms with E-state index in [1.165, 1.54) is 6.26 Å². The summed E-state index contributed by atoms with van der Waals surface area (Å²) in [4.78, 5) is 20.0. The number of carbonyl (C=O) groups is 1. The minimum Gasteiger partial charge on any atom is -0.341 e. The Morgan fingerprint density at radius 1 is 1.25 bits per heavy atom. The quantitative estimate of drug-likeness (QED) is 0.773. The molecule has 1 fully saturated rings. The number of carbonyl (C=O) groups excluding carboxylic acids is 1. The summed E-state index contributed by atoms with van der Waals surface area (Å²) in [6, 6.07) is 7.87. The van der Waals surface area contributed by atoms with Crippen LogP contribution < -0.4 is 4.72 Å². The van der Waals surface area contributed by atoms with Gasteiger partial charge in [0.05, 0.1) is 27.4 Å². The maximum absolute atomic E-state index is 13.4. The highest BCUT2D eigenvalue weighted by atomic mass is 32.2. The van der Waals surface area contributed by atoms with Crippen molar-refractivity contribution >= 4 is 37.5 Å². The molecule has 0 radical (unpaired) electrons. The van der Waals surface area contributed by atoms with Crippen LogP contribution in [-0.2, 0) is 14.8 Å². The molecule has 2 aliphatic rings. The second-order valence-corrected chi connectivity index (χ2v) is 10.5. The summed E-state index contributed by atoms with van der Waals surface area (Å²) in [6.45, 7) is 1.13. The van der Waals surface area contributed by atoms with Gasteiger partial charge in [0, 0.05) is 25.0 Å². The molecule has 8 heteroatoms. The first kappa shape index (κ1) is 19.5. The third kappa shape index (κ3) is 4.29. The number of hydrogen-bond acceptors (Lipinski definition) is 5. The van der Waals surface area contributed by atoms with Crippen molar-refractivity contribution in [2.24, 2.45) is 5.92 Å². The lowest BCUT2D eigenvalue weighted by Gasteiger charge is -2.37. The standard InChI is InChI=1S/C20H25N3O3S2/c1-28(25,26)22-14-7-6-12-23(13-14)20(24)16-9-3-2-8-15(16)19-21-17-10-4-5-11-18(17)27-19/h2-5,10-11,14-16,22H,6-9,12-13H2,1H3. The zero-order valence-electron chi connectivity index (χ0n) is 15.9. The van der Waals surface area contributed by atoms with Crippen LogP contribution in [0, 0.1) is 5.92 Å². The highest BCUT2D eigenvalue weighted by Gasteiger charge is 2.36. The maximum Gasteiger partial charge on any atom is 0.226 e. The Hall–Kier alpha value is -1.77. The highest BCUT2D eigenvalue weighted by molar-refractivity contribution is 7.88. The Kier molecular flexibility index (Phi) is 5.53. The van der Waals surface area contributed by atoms with E-state index < -0.39 is 10.0 Å². The van der Waals surface area contributed by atoms with E-state index in [-0.39, 0.29) is 23.8 Å². The number of thiazole rings is 1. The van der Waals surface area contributed by atoms with Crippen molar-refractivity contribution in [3.05, 3.63) is 41.4 Å². The van der Waals surface area contributed by atoms with Gasteiger partial charge in [0.25, 0.3) is 0 Å². The van der Waals surface area contributed by atoms with E-state index in [2.05, 4.69) is 22.9 Å². The Bertz CT molecular complexity index is 966. The summed E-state index contributed by atoms with van der Waals surface area (Å²) < 4.78 is 26.9. The van der Waals surface area contributed by atoms with Crippen LogP contribution in [0.2, 0.25) is 0 Å². The largest absolute Gasteiger partial charge is 0.341 e. The number of piperidine rings is 1. The number of allylic oxidation sites excluding steroid dienone is 2. The van der Waals surface area contributed by atoms with Gasteiger partial charge in [-0.25, -0.2) is 18.1 Å². The van der Waals surface area contributed by atoms with Gasteiger partial charge in [-0.2, -0.15) is 0 Å². The molecule has 1 amide bonds. The second kappa shape index (κ2) is 7.93. The van der Waals surface area contributed by atoms with Crippen molar-refractivity contribution in [1.29, 1.82) is 0 Å². The van der Waals surface area contributed by atoms with Crippen molar-refractivity contribution in [2.75, 3.05) is 19.3 Å². The summed E-state index contributed by atoms with van der Waals surface area (Å²) in [6.07, 6.45) is 8.50. The minimum atomic E-state index is -3.27. The van der Waals surface area contributed by atoms with E-state index in [0.717, 1.165) is 34.5 Å². The van der Waals surface area contributed by atoms with Gasteiger partial charge in [0.1, 0.15) is 0 Å². The third-order valence-corrected chi connectivity index (χ3v) is 7.42. The average Bonchev–Trinajstić information content (AvgIpc) is 3.10. The van der Waals surface area contributed by atoms with E-state index in [1.807, 2.05) is 23.1 Å². The number of para-hydroxylation sites is 1. The van der Waals surface area contributed by atoms with E-state index in [0.29, 0.717) is 19.5 Å². The zero-order chi connectivity index (χ0) is 19.7. The van der Waals surface area contributed by atoms with Crippen LogP contribution in [0.4, 0.5) is 0 Å². The number of hydrogen-bond donors (Lipinski definition) is 1. The maximum atomic E-state index is 13.4. The number of nitrogens with zero attached hydrogens (tertiary/aromatic N) is 2. The van der Waals surface area contributed by atoms with Crippen LogP contribution in [0.1, 0.15) is 36.6 Å². The van der Waals surface area contributed by atoms with Crippen molar-refractivity contribution in [2.45, 2.75) is 37.6 Å². The molecule has 1 N–H and O–H groups in total. The van der Waals surface area contributed by atoms with Crippen LogP contribution in [-0.4, -0.2) is 49.6 Å². The summed E-state index contributed by atoms with van der Waals surface area (Å²) in [5.74, 6) is 0.0642. The fourth-order valence-electron chi connectivity index (χ4n) is 4.22. The van der Waals surface area contributed by atoms with Crippen LogP contribution in [0.3, 0.4) is 0 Å². The van der Waals surface area contributed by atoms with Gasteiger partial charge < -0.3 is 4.90 Å². The number of likely N-dealkylation sites (tertiary alicyclic amines) is 1. The third-order valence-electron chi connectivity index (χ3n) is 5.49. The molecule has 0 saturated carbocycles. The Balaban J connectivity index is 1.54. The lowest BCUT2D eigenvalue weighted by Crippen LogP contribution is -2.51. The summed E-state index contributed by atoms with van der Waals surface area (Å²) in [5.41, 5.74) is 0.985. The van der Waals surface area contributed by atoms with Gasteiger partial charge >= 0.3 is 0 Å². The molecule has 2 aromatic rings. The number of sulfonamides is 1. The van der Waals surface area contributed by atoms with Crippen molar-refractivity contribution in [1.82, 2.24) is 14.6 Å². The summed E-state index contributed by atoms with van der Waals surface area (Å²) >= 11 is 1.67. The fourth-order valence-corrected chi connectivity index (χ4v) is 6.16. The molecule has 4 rings (SSSR count). The Morgan fingerprint density at radius 2 is 2.04 bits per heavy atom. The van der Waals surface area contributed by atoms with Crippen LogP contribution in [0.25, 0.3) is 10.2 Å². The Labute approximate surface area is 169 Å². The molecule has 150 valence electrons. The molecule has 28 heavy (non-hydrogen) atoms. The highest BCUT2D eigenvalue weighted by Crippen LogP contribution is 2.39. The number of amides is 1. The molecule has 0 spiro atoms. The molecule has 1 aliphatic carbocycles. The van der Waals surface area contributed by atoms with Gasteiger partial charge in [-0.1, -0.05) is 24.3 Å². The normalized spacial score (nSPS) is 25.9. The first-order valence-corrected chi connectivity index (χ1v) is 12.4. The van der Waals surface area contributed by atoms with Crippen molar-refractivity contribution in [3.63, 3.8) is 0 Å². The molecule has 6 nitrogen and oxygen atoms in total. The lowest BCUT2D eigenvalue weighted by molar-refractivity contribution is -0.137. The van der Waals surface area contributed by atoms with E-state index in [9.17, 15) is 13.2 Å². The molecule has 1 saturated heterocycles. The zero-order valence-corrected chi connectivity index (χ0v) is 17.5. The van der Waals surface area contributed by atoms with Crippen molar-refractivity contribution < 1.29 is 13.2 Å². The van der Waals surface area contributed by atoms with E-state index in [4.69, 9.17) is 4.98 Å². The summed E-state index contributed by atoms with van der Waals surface area (Å²) in [5, 5.41) is 1.02. The van der Waals surface area contributed by atoms with Crippen LogP contribution in [0.5, 0.6) is 0 Å². The molecule has 3 unspecified atom stereocenters. The lowest BCUT2D eigenvalue weighted by atomic mass is 9.82. The molecule has 1 aromatic carbocycles. The molecular weight excluding hydrogens is 394 g/mol. The smallest absolute Gasteiger partial charge is 0.226 e. The average molecular weight is 420 g/mol. The first-order chi connectivity index (χ1) is 13.4. The van der Waals surface area contributed by atoms with Crippen LogP contribution in [0.15, 0.2) is 36.4 Å². The SMILES string of the molecule is CS(=O)(=O)NC1CCCN(C(=O)C2CC=CCC2c2nc3ccccc3s2)C1. The van der Waals surface area contributed by atoms with Gasteiger partial charge in [-0.15, -0.1) is 11.3 Å². The minimum absolute atomic E-state index is 0.0816. The molecule has 2 heterocycles. The Morgan fingerprint density at radius 3 is 2.82 bits per heavy atom. The number of rotatable bonds is 4. The molecule has 0 bridgehead atoms. The number of nitrogens with one attached hydrogen (secondary N) is 1. The molecular formula is C20H25N3O3S2. The molecule has 1 aromatic heterocycles. The van der Waals surface area contributed by atoms with Crippen LogP contribution >= 0.6 is 11.3 Å². The first-order valence-electron chi connectivity index (χ1n) is 9.67. The van der Waals surface area contributed by atoms with E-state index in [1.54, 1.807) is 11.3 Å². The van der Waals surface area contributed by atoms with Crippen molar-refractivity contribution in [3.8, 4) is 0 Å². The van der Waals surface area contributed by atoms with E-state index >= 15 is 0 Å². The number of aromatic nitrogens is 1. The summed E-state index contributed by atoms with van der Waals surface area (Å²) in [7, 11) is -3.27. The number of fused-ring (bicyclic) bond motifs is 1. The van der Waals surface area contributed by atoms with Gasteiger partial charge in [0.2, 0.25) is 15.9 Å².